The van der Waals surface area contributed by atoms with Gasteiger partial charge in [-0.1, -0.05) is 37.7 Å². The largest absolute Gasteiger partial charge is 0.325 e. The quantitative estimate of drug-likeness (QED) is 0.529. The van der Waals surface area contributed by atoms with Gasteiger partial charge in [-0.2, -0.15) is 13.1 Å². The summed E-state index contributed by atoms with van der Waals surface area (Å²) < 4.78 is 52.2. The van der Waals surface area contributed by atoms with Crippen LogP contribution in [0.4, 0.5) is 20.2 Å². The SMILES string of the molecule is CCN(CC)S(=O)(=O)c1ccc(N2CC(C(=O)Nc3ccccc3SC(F)F)CC2=O)cc1. The van der Waals surface area contributed by atoms with Crippen molar-refractivity contribution in [2.45, 2.75) is 35.8 Å². The zero-order chi connectivity index (χ0) is 24.2. The molecule has 1 unspecified atom stereocenters. The van der Waals surface area contributed by atoms with Crippen LogP contribution in [-0.2, 0) is 19.6 Å². The van der Waals surface area contributed by atoms with Gasteiger partial charge in [0.15, 0.2) is 0 Å². The van der Waals surface area contributed by atoms with E-state index in [1.807, 2.05) is 0 Å². The molecule has 0 spiro atoms. The first kappa shape index (κ1) is 25.1. The van der Waals surface area contributed by atoms with Gasteiger partial charge in [0.2, 0.25) is 21.8 Å². The third-order valence-corrected chi connectivity index (χ3v) is 8.20. The molecular formula is C22H25F2N3O4S2. The van der Waals surface area contributed by atoms with Crippen molar-refractivity contribution < 1.29 is 26.8 Å². The molecule has 1 heterocycles. The highest BCUT2D eigenvalue weighted by molar-refractivity contribution is 7.99. The molecule has 1 N–H and O–H groups in total. The monoisotopic (exact) mass is 497 g/mol. The van der Waals surface area contributed by atoms with Gasteiger partial charge in [-0.05, 0) is 36.4 Å². The van der Waals surface area contributed by atoms with Crippen LogP contribution in [0.3, 0.4) is 0 Å². The van der Waals surface area contributed by atoms with Crippen molar-refractivity contribution in [1.29, 1.82) is 0 Å². The molecular weight excluding hydrogens is 472 g/mol. The number of halogens is 2. The van der Waals surface area contributed by atoms with E-state index in [4.69, 9.17) is 0 Å². The molecule has 0 radical (unpaired) electrons. The lowest BCUT2D eigenvalue weighted by Gasteiger charge is -2.20. The Hall–Kier alpha value is -2.50. The summed E-state index contributed by atoms with van der Waals surface area (Å²) in [6.07, 6.45) is -0.0323. The number of hydrogen-bond donors (Lipinski definition) is 1. The maximum Gasteiger partial charge on any atom is 0.288 e. The molecule has 2 amide bonds. The van der Waals surface area contributed by atoms with Gasteiger partial charge in [-0.15, -0.1) is 0 Å². The van der Waals surface area contributed by atoms with Crippen molar-refractivity contribution in [3.8, 4) is 0 Å². The van der Waals surface area contributed by atoms with Crippen molar-refractivity contribution >= 4 is 45.0 Å². The van der Waals surface area contributed by atoms with Gasteiger partial charge < -0.3 is 10.2 Å². The summed E-state index contributed by atoms with van der Waals surface area (Å²) in [6.45, 7) is 4.32. The van der Waals surface area contributed by atoms with Crippen LogP contribution in [0, 0.1) is 5.92 Å². The van der Waals surface area contributed by atoms with Crippen molar-refractivity contribution in [1.82, 2.24) is 4.31 Å². The van der Waals surface area contributed by atoms with E-state index in [1.165, 1.54) is 33.5 Å². The first-order chi connectivity index (χ1) is 15.7. The Morgan fingerprint density at radius 2 is 1.79 bits per heavy atom. The number of sulfonamides is 1. The minimum absolute atomic E-state index is 0.0323. The van der Waals surface area contributed by atoms with E-state index in [1.54, 1.807) is 38.1 Å². The van der Waals surface area contributed by atoms with Crippen LogP contribution in [0.5, 0.6) is 0 Å². The van der Waals surface area contributed by atoms with E-state index in [2.05, 4.69) is 5.32 Å². The first-order valence-corrected chi connectivity index (χ1v) is 12.7. The molecule has 0 bridgehead atoms. The Kier molecular flexibility index (Phi) is 8.09. The summed E-state index contributed by atoms with van der Waals surface area (Å²) in [4.78, 5) is 27.1. The number of amides is 2. The Labute approximate surface area is 196 Å². The minimum atomic E-state index is -3.62. The van der Waals surface area contributed by atoms with Crippen molar-refractivity contribution in [2.75, 3.05) is 29.9 Å². The van der Waals surface area contributed by atoms with E-state index >= 15 is 0 Å². The van der Waals surface area contributed by atoms with Crippen LogP contribution in [0.2, 0.25) is 0 Å². The fourth-order valence-electron chi connectivity index (χ4n) is 3.65. The van der Waals surface area contributed by atoms with Gasteiger partial charge in [0, 0.05) is 36.6 Å². The number of para-hydroxylation sites is 1. The zero-order valence-corrected chi connectivity index (χ0v) is 19.8. The average molecular weight is 498 g/mol. The average Bonchev–Trinajstić information content (AvgIpc) is 3.17. The molecule has 3 rings (SSSR count). The molecule has 178 valence electrons. The summed E-state index contributed by atoms with van der Waals surface area (Å²) in [5, 5.41) is 2.65. The standard InChI is InChI=1S/C22H25F2N3O4S2/c1-3-26(4-2)33(30,31)17-11-9-16(10-12-17)27-14-15(13-20(27)28)21(29)25-18-7-5-6-8-19(18)32-22(23)24/h5-12,15,22H,3-4,13-14H2,1-2H3,(H,25,29). The van der Waals surface area contributed by atoms with Gasteiger partial charge in [-0.3, -0.25) is 9.59 Å². The predicted molar refractivity (Wildman–Crippen MR) is 124 cm³/mol. The highest BCUT2D eigenvalue weighted by Gasteiger charge is 2.35. The third kappa shape index (κ3) is 5.71. The van der Waals surface area contributed by atoms with Crippen LogP contribution in [-0.4, -0.2) is 49.9 Å². The lowest BCUT2D eigenvalue weighted by molar-refractivity contribution is -0.122. The fraction of sp³-hybridized carbons (Fsp3) is 0.364. The van der Waals surface area contributed by atoms with Crippen LogP contribution >= 0.6 is 11.8 Å². The molecule has 1 fully saturated rings. The zero-order valence-electron chi connectivity index (χ0n) is 18.2. The second kappa shape index (κ2) is 10.6. The Bertz CT molecular complexity index is 1110. The molecule has 0 saturated carbocycles. The third-order valence-electron chi connectivity index (χ3n) is 5.35. The molecule has 1 atom stereocenters. The molecule has 2 aromatic carbocycles. The summed E-state index contributed by atoms with van der Waals surface area (Å²) in [7, 11) is -3.62. The smallest absolute Gasteiger partial charge is 0.288 e. The number of nitrogens with one attached hydrogen (secondary N) is 1. The number of benzene rings is 2. The van der Waals surface area contributed by atoms with E-state index in [-0.39, 0.29) is 34.4 Å². The maximum atomic E-state index is 12.8. The molecule has 1 aliphatic heterocycles. The molecule has 0 aliphatic carbocycles. The van der Waals surface area contributed by atoms with Crippen LogP contribution in [0.15, 0.2) is 58.3 Å². The molecule has 7 nitrogen and oxygen atoms in total. The van der Waals surface area contributed by atoms with Crippen molar-refractivity contribution in [2.24, 2.45) is 5.92 Å². The van der Waals surface area contributed by atoms with Crippen molar-refractivity contribution in [3.05, 3.63) is 48.5 Å². The molecule has 1 aliphatic rings. The number of anilines is 2. The maximum absolute atomic E-state index is 12.8. The van der Waals surface area contributed by atoms with E-state index < -0.39 is 27.6 Å². The van der Waals surface area contributed by atoms with Gasteiger partial charge >= 0.3 is 0 Å². The number of hydrogen-bond acceptors (Lipinski definition) is 5. The van der Waals surface area contributed by atoms with Crippen LogP contribution in [0.1, 0.15) is 20.3 Å². The number of carbonyl (C=O) groups excluding carboxylic acids is 2. The summed E-state index contributed by atoms with van der Waals surface area (Å²) in [5.41, 5.74) is 0.757. The fourth-order valence-corrected chi connectivity index (χ4v) is 5.70. The summed E-state index contributed by atoms with van der Waals surface area (Å²) >= 11 is 0.338. The van der Waals surface area contributed by atoms with E-state index in [9.17, 15) is 26.8 Å². The molecule has 33 heavy (non-hydrogen) atoms. The lowest BCUT2D eigenvalue weighted by atomic mass is 10.1. The van der Waals surface area contributed by atoms with E-state index in [0.717, 1.165) is 0 Å². The van der Waals surface area contributed by atoms with E-state index in [0.29, 0.717) is 30.5 Å². The number of nitrogens with zero attached hydrogens (tertiary/aromatic N) is 2. The highest BCUT2D eigenvalue weighted by Crippen LogP contribution is 2.33. The Morgan fingerprint density at radius 1 is 1.15 bits per heavy atom. The van der Waals surface area contributed by atoms with Gasteiger partial charge in [0.25, 0.3) is 5.76 Å². The summed E-state index contributed by atoms with van der Waals surface area (Å²) in [5.74, 6) is -4.00. The van der Waals surface area contributed by atoms with Gasteiger partial charge in [0.05, 0.1) is 16.5 Å². The topological polar surface area (TPSA) is 86.8 Å². The number of thioether (sulfide) groups is 1. The molecule has 1 saturated heterocycles. The Balaban J connectivity index is 1.71. The van der Waals surface area contributed by atoms with Crippen LogP contribution < -0.4 is 10.2 Å². The second-order valence-corrected chi connectivity index (χ2v) is 10.3. The second-order valence-electron chi connectivity index (χ2n) is 7.35. The van der Waals surface area contributed by atoms with Gasteiger partial charge in [-0.25, -0.2) is 8.42 Å². The van der Waals surface area contributed by atoms with Crippen molar-refractivity contribution in [3.63, 3.8) is 0 Å². The number of carbonyl (C=O) groups is 2. The molecule has 0 aromatic heterocycles. The predicted octanol–water partition coefficient (Wildman–Crippen LogP) is 4.02. The highest BCUT2D eigenvalue weighted by atomic mass is 32.2. The number of rotatable bonds is 9. The lowest BCUT2D eigenvalue weighted by Crippen LogP contribution is -2.31. The normalized spacial score (nSPS) is 16.6. The molecule has 11 heteroatoms. The Morgan fingerprint density at radius 3 is 2.39 bits per heavy atom. The summed E-state index contributed by atoms with van der Waals surface area (Å²) in [6, 6.07) is 12.2. The first-order valence-electron chi connectivity index (χ1n) is 10.4. The molecule has 2 aromatic rings. The van der Waals surface area contributed by atoms with Gasteiger partial charge in [0.1, 0.15) is 0 Å². The minimum Gasteiger partial charge on any atom is -0.325 e. The van der Waals surface area contributed by atoms with Crippen LogP contribution in [0.25, 0.3) is 0 Å². The number of alkyl halides is 2.